The summed E-state index contributed by atoms with van der Waals surface area (Å²) < 4.78 is 5.50. The van der Waals surface area contributed by atoms with Gasteiger partial charge in [-0.3, -0.25) is 0 Å². The highest BCUT2D eigenvalue weighted by atomic mass is 16.5. The number of ether oxygens (including phenoxy) is 1. The number of hydrogen-bond acceptors (Lipinski definition) is 3. The molecule has 0 aliphatic rings. The highest BCUT2D eigenvalue weighted by molar-refractivity contribution is 5.75. The molecule has 1 aromatic carbocycles. The number of Topliss-reactive ketones (excluding diaryl/α,β-unsaturated/α-hetero) is 1. The maximum Gasteiger partial charge on any atom is 0.129 e. The minimum atomic E-state index is -0.150. The second-order valence-electron chi connectivity index (χ2n) is 4.93. The van der Waals surface area contributed by atoms with E-state index in [1.807, 2.05) is 13.8 Å². The summed E-state index contributed by atoms with van der Waals surface area (Å²) in [5.41, 5.74) is 10.7. The minimum Gasteiger partial charge on any atom is -0.496 e. The van der Waals surface area contributed by atoms with Crippen LogP contribution in [0.1, 0.15) is 48.1 Å². The maximum atomic E-state index is 11.1. The van der Waals surface area contributed by atoms with Crippen molar-refractivity contribution in [3.05, 3.63) is 28.3 Å². The van der Waals surface area contributed by atoms with Gasteiger partial charge in [-0.25, -0.2) is 0 Å². The second kappa shape index (κ2) is 6.01. The van der Waals surface area contributed by atoms with Gasteiger partial charge in [-0.15, -0.1) is 0 Å². The molecular weight excluding hydrogens is 226 g/mol. The fourth-order valence-electron chi connectivity index (χ4n) is 2.30. The monoisotopic (exact) mass is 249 g/mol. The van der Waals surface area contributed by atoms with Crippen LogP contribution in [-0.2, 0) is 4.79 Å². The van der Waals surface area contributed by atoms with Crippen molar-refractivity contribution in [3.8, 4) is 5.75 Å². The summed E-state index contributed by atoms with van der Waals surface area (Å²) in [5, 5.41) is 0. The van der Waals surface area contributed by atoms with Gasteiger partial charge in [-0.2, -0.15) is 0 Å². The van der Waals surface area contributed by atoms with Crippen LogP contribution in [-0.4, -0.2) is 12.9 Å². The Bertz CT molecular complexity index is 452. The smallest absolute Gasteiger partial charge is 0.129 e. The van der Waals surface area contributed by atoms with Crippen LogP contribution in [0.4, 0.5) is 0 Å². The first-order chi connectivity index (χ1) is 8.38. The predicted molar refractivity (Wildman–Crippen MR) is 74.0 cm³/mol. The van der Waals surface area contributed by atoms with E-state index in [9.17, 15) is 4.79 Å². The lowest BCUT2D eigenvalue weighted by Crippen LogP contribution is -2.15. The third kappa shape index (κ3) is 3.10. The topological polar surface area (TPSA) is 52.3 Å². The first kappa shape index (κ1) is 14.7. The fourth-order valence-corrected chi connectivity index (χ4v) is 2.30. The number of benzene rings is 1. The molecule has 0 fully saturated rings. The number of carbonyl (C=O) groups excluding carboxylic acids is 1. The van der Waals surface area contributed by atoms with Gasteiger partial charge in [0.2, 0.25) is 0 Å². The molecule has 0 amide bonds. The number of carbonyl (C=O) groups is 1. The molecule has 100 valence electrons. The van der Waals surface area contributed by atoms with E-state index in [1.54, 1.807) is 14.0 Å². The van der Waals surface area contributed by atoms with Crippen LogP contribution in [0, 0.1) is 20.8 Å². The molecular formula is C15H23NO2. The molecule has 3 heteroatoms. The van der Waals surface area contributed by atoms with Gasteiger partial charge in [0.05, 0.1) is 7.11 Å². The zero-order valence-corrected chi connectivity index (χ0v) is 12.0. The van der Waals surface area contributed by atoms with Gasteiger partial charge in [0.1, 0.15) is 11.5 Å². The minimum absolute atomic E-state index is 0.150. The first-order valence-corrected chi connectivity index (χ1v) is 6.28. The van der Waals surface area contributed by atoms with Crippen LogP contribution in [0.3, 0.4) is 0 Å². The van der Waals surface area contributed by atoms with Crippen molar-refractivity contribution in [1.82, 2.24) is 0 Å². The number of hydrogen-bond donors (Lipinski definition) is 1. The molecule has 1 rings (SSSR count). The molecule has 1 unspecified atom stereocenters. The van der Waals surface area contributed by atoms with Crippen LogP contribution in [0.5, 0.6) is 5.75 Å². The van der Waals surface area contributed by atoms with Crippen LogP contribution >= 0.6 is 0 Å². The van der Waals surface area contributed by atoms with E-state index in [1.165, 1.54) is 5.56 Å². The third-order valence-electron chi connectivity index (χ3n) is 3.42. The maximum absolute atomic E-state index is 11.1. The van der Waals surface area contributed by atoms with Gasteiger partial charge in [-0.05, 0) is 50.8 Å². The van der Waals surface area contributed by atoms with Gasteiger partial charge in [0.25, 0.3) is 0 Å². The summed E-state index contributed by atoms with van der Waals surface area (Å²) in [7, 11) is 1.67. The molecule has 2 N–H and O–H groups in total. The lowest BCUT2D eigenvalue weighted by Gasteiger charge is -2.21. The zero-order valence-electron chi connectivity index (χ0n) is 12.0. The molecule has 3 nitrogen and oxygen atoms in total. The summed E-state index contributed by atoms with van der Waals surface area (Å²) in [6.07, 6.45) is 1.17. The van der Waals surface area contributed by atoms with Crippen molar-refractivity contribution in [1.29, 1.82) is 0 Å². The Morgan fingerprint density at radius 1 is 1.33 bits per heavy atom. The van der Waals surface area contributed by atoms with Crippen LogP contribution in [0.25, 0.3) is 0 Å². The second-order valence-corrected chi connectivity index (χ2v) is 4.93. The Morgan fingerprint density at radius 2 is 1.94 bits per heavy atom. The van der Waals surface area contributed by atoms with Crippen molar-refractivity contribution < 1.29 is 9.53 Å². The highest BCUT2D eigenvalue weighted by Crippen LogP contribution is 2.34. The van der Waals surface area contributed by atoms with E-state index in [0.29, 0.717) is 12.8 Å². The summed E-state index contributed by atoms with van der Waals surface area (Å²) in [4.78, 5) is 11.1. The molecule has 0 radical (unpaired) electrons. The van der Waals surface area contributed by atoms with Gasteiger partial charge < -0.3 is 15.3 Å². The fraction of sp³-hybridized carbons (Fsp3) is 0.533. The Kier molecular flexibility index (Phi) is 4.91. The summed E-state index contributed by atoms with van der Waals surface area (Å²) in [6.45, 7) is 7.74. The molecule has 0 heterocycles. The lowest BCUT2D eigenvalue weighted by molar-refractivity contribution is -0.117. The van der Waals surface area contributed by atoms with Gasteiger partial charge in [-0.1, -0.05) is 6.07 Å². The molecule has 1 aromatic rings. The van der Waals surface area contributed by atoms with Gasteiger partial charge >= 0.3 is 0 Å². The van der Waals surface area contributed by atoms with E-state index < -0.39 is 0 Å². The zero-order chi connectivity index (χ0) is 13.9. The van der Waals surface area contributed by atoms with E-state index in [4.69, 9.17) is 10.5 Å². The number of methoxy groups -OCH3 is 1. The largest absolute Gasteiger partial charge is 0.496 e. The average Bonchev–Trinajstić information content (AvgIpc) is 2.30. The van der Waals surface area contributed by atoms with Crippen molar-refractivity contribution in [3.63, 3.8) is 0 Å². The quantitative estimate of drug-likeness (QED) is 0.872. The predicted octanol–water partition coefficient (Wildman–Crippen LogP) is 2.99. The molecule has 0 aromatic heterocycles. The molecule has 0 saturated carbocycles. The van der Waals surface area contributed by atoms with Crippen LogP contribution in [0.2, 0.25) is 0 Å². The number of nitrogens with two attached hydrogens (primary N) is 1. The molecule has 1 atom stereocenters. The van der Waals surface area contributed by atoms with Crippen molar-refractivity contribution >= 4 is 5.78 Å². The van der Waals surface area contributed by atoms with Gasteiger partial charge in [0, 0.05) is 18.0 Å². The number of ketones is 1. The molecule has 0 aliphatic carbocycles. The highest BCUT2D eigenvalue weighted by Gasteiger charge is 2.18. The Hall–Kier alpha value is -1.35. The van der Waals surface area contributed by atoms with E-state index in [2.05, 4.69) is 13.0 Å². The third-order valence-corrected chi connectivity index (χ3v) is 3.42. The molecule has 0 bridgehead atoms. The van der Waals surface area contributed by atoms with Crippen molar-refractivity contribution in [2.45, 2.75) is 46.6 Å². The van der Waals surface area contributed by atoms with E-state index in [0.717, 1.165) is 22.4 Å². The standard InChI is InChI=1S/C15H23NO2/c1-9-8-10(2)14(15(18-5)12(9)4)13(16)7-6-11(3)17/h8,13H,6-7,16H2,1-5H3. The Labute approximate surface area is 109 Å². The lowest BCUT2D eigenvalue weighted by atomic mass is 9.92. The Morgan fingerprint density at radius 3 is 2.44 bits per heavy atom. The summed E-state index contributed by atoms with van der Waals surface area (Å²) >= 11 is 0. The van der Waals surface area contributed by atoms with Crippen LogP contribution in [0.15, 0.2) is 6.07 Å². The average molecular weight is 249 g/mol. The molecule has 0 spiro atoms. The van der Waals surface area contributed by atoms with E-state index >= 15 is 0 Å². The molecule has 0 saturated heterocycles. The van der Waals surface area contributed by atoms with Gasteiger partial charge in [0.15, 0.2) is 0 Å². The SMILES string of the molecule is COc1c(C)c(C)cc(C)c1C(N)CCC(C)=O. The molecule has 0 aliphatic heterocycles. The molecule has 18 heavy (non-hydrogen) atoms. The summed E-state index contributed by atoms with van der Waals surface area (Å²) in [6, 6.07) is 1.98. The van der Waals surface area contributed by atoms with Crippen molar-refractivity contribution in [2.24, 2.45) is 5.73 Å². The first-order valence-electron chi connectivity index (χ1n) is 6.28. The summed E-state index contributed by atoms with van der Waals surface area (Å²) in [5.74, 6) is 1.04. The van der Waals surface area contributed by atoms with E-state index in [-0.39, 0.29) is 11.8 Å². The van der Waals surface area contributed by atoms with Crippen molar-refractivity contribution in [2.75, 3.05) is 7.11 Å². The normalized spacial score (nSPS) is 12.3. The Balaban J connectivity index is 3.14. The number of rotatable bonds is 5. The number of aryl methyl sites for hydroxylation is 2. The van der Waals surface area contributed by atoms with Crippen LogP contribution < -0.4 is 10.5 Å².